The molecule has 2 aromatic carbocycles. The summed E-state index contributed by atoms with van der Waals surface area (Å²) in [7, 11) is -4.37. The van der Waals surface area contributed by atoms with Gasteiger partial charge in [0.1, 0.15) is 11.9 Å². The van der Waals surface area contributed by atoms with Crippen molar-refractivity contribution in [1.29, 1.82) is 0 Å². The molecule has 4 rings (SSSR count). The van der Waals surface area contributed by atoms with Crippen LogP contribution >= 0.6 is 0 Å². The molecule has 190 valence electrons. The van der Waals surface area contributed by atoms with Crippen LogP contribution < -0.4 is 9.04 Å². The molecule has 1 heterocycles. The van der Waals surface area contributed by atoms with Crippen molar-refractivity contribution in [3.8, 4) is 5.75 Å². The van der Waals surface area contributed by atoms with E-state index < -0.39 is 38.7 Å². The van der Waals surface area contributed by atoms with Gasteiger partial charge in [-0.25, -0.2) is 8.42 Å². The van der Waals surface area contributed by atoms with Crippen molar-refractivity contribution in [2.45, 2.75) is 68.5 Å². The van der Waals surface area contributed by atoms with Crippen LogP contribution in [0.4, 0.5) is 18.9 Å². The lowest BCUT2D eigenvalue weighted by atomic mass is 9.85. The Morgan fingerprint density at radius 2 is 1.83 bits per heavy atom. The number of hydrogen-bond donors (Lipinski definition) is 1. The summed E-state index contributed by atoms with van der Waals surface area (Å²) in [6.45, 7) is -0.189. The molecule has 0 unspecified atom stereocenters. The first-order chi connectivity index (χ1) is 16.5. The highest BCUT2D eigenvalue weighted by Gasteiger charge is 2.37. The Morgan fingerprint density at radius 3 is 2.51 bits per heavy atom. The molecule has 1 fully saturated rings. The van der Waals surface area contributed by atoms with Crippen molar-refractivity contribution < 1.29 is 36.2 Å². The Balaban J connectivity index is 1.71. The number of carboxylic acid groups (broad SMARTS) is 1. The number of sulfonamides is 1. The quantitative estimate of drug-likeness (QED) is 0.520. The smallest absolute Gasteiger partial charge is 0.416 e. The Kier molecular flexibility index (Phi) is 7.30. The van der Waals surface area contributed by atoms with Crippen molar-refractivity contribution >= 4 is 21.7 Å². The summed E-state index contributed by atoms with van der Waals surface area (Å²) in [6.07, 6.45) is 0.954. The van der Waals surface area contributed by atoms with Gasteiger partial charge in [0.25, 0.3) is 10.0 Å². The predicted octanol–water partition coefficient (Wildman–Crippen LogP) is 5.65. The van der Waals surface area contributed by atoms with E-state index in [4.69, 9.17) is 9.84 Å². The lowest BCUT2D eigenvalue weighted by molar-refractivity contribution is -0.138. The summed E-state index contributed by atoms with van der Waals surface area (Å²) in [6, 6.07) is 8.95. The van der Waals surface area contributed by atoms with Crippen LogP contribution in [0.1, 0.15) is 56.1 Å². The van der Waals surface area contributed by atoms with Gasteiger partial charge >= 0.3 is 12.1 Å². The van der Waals surface area contributed by atoms with Crippen molar-refractivity contribution in [2.75, 3.05) is 10.8 Å². The summed E-state index contributed by atoms with van der Waals surface area (Å²) in [5, 5.41) is 9.05. The minimum Gasteiger partial charge on any atom is -0.486 e. The topological polar surface area (TPSA) is 83.9 Å². The number of nitrogens with zero attached hydrogens (tertiary/aromatic N) is 1. The molecule has 0 aromatic heterocycles. The number of benzene rings is 2. The van der Waals surface area contributed by atoms with Crippen LogP contribution in [0.2, 0.25) is 0 Å². The van der Waals surface area contributed by atoms with Crippen LogP contribution in [-0.4, -0.2) is 32.1 Å². The van der Waals surface area contributed by atoms with Gasteiger partial charge in [-0.15, -0.1) is 0 Å². The number of fused-ring (bicyclic) bond motifs is 1. The third-order valence-electron chi connectivity index (χ3n) is 6.63. The van der Waals surface area contributed by atoms with Crippen LogP contribution in [0, 0.1) is 5.92 Å². The van der Waals surface area contributed by atoms with Gasteiger partial charge in [-0.1, -0.05) is 44.2 Å². The standard InChI is InChI=1S/C25H28F3NO5S/c26-25(27,28)19-7-4-8-21(15-19)35(32,33)29-16-20(10-12-24(30)31)34-23-11-9-18(14-22(23)29)13-17-5-2-1-3-6-17/h4,7-9,11,14-15,17,20H,1-3,5-6,10,12-13,16H2,(H,30,31)/t20-/m0/s1. The maximum Gasteiger partial charge on any atom is 0.416 e. The second-order valence-electron chi connectivity index (χ2n) is 9.24. The minimum atomic E-state index is -4.69. The second kappa shape index (κ2) is 10.1. The molecule has 1 aliphatic carbocycles. The molecule has 0 saturated heterocycles. The largest absolute Gasteiger partial charge is 0.486 e. The number of alkyl halides is 3. The number of halogens is 3. The van der Waals surface area contributed by atoms with Crippen LogP contribution in [0.25, 0.3) is 0 Å². The fraction of sp³-hybridized carbons (Fsp3) is 0.480. The highest BCUT2D eigenvalue weighted by Crippen LogP contribution is 2.40. The molecule has 1 aliphatic heterocycles. The third kappa shape index (κ3) is 5.91. The zero-order valence-electron chi connectivity index (χ0n) is 19.1. The van der Waals surface area contributed by atoms with Crippen molar-refractivity contribution in [3.05, 3.63) is 53.6 Å². The molecule has 2 aliphatic rings. The number of rotatable bonds is 7. The second-order valence-corrected chi connectivity index (χ2v) is 11.1. The molecule has 1 N–H and O–H groups in total. The van der Waals surface area contributed by atoms with E-state index in [-0.39, 0.29) is 30.8 Å². The molecule has 2 aromatic rings. The van der Waals surface area contributed by atoms with E-state index in [1.165, 1.54) is 19.3 Å². The van der Waals surface area contributed by atoms with Gasteiger partial charge in [0, 0.05) is 6.42 Å². The normalized spacial score (nSPS) is 19.2. The summed E-state index contributed by atoms with van der Waals surface area (Å²) < 4.78 is 74.0. The third-order valence-corrected chi connectivity index (χ3v) is 8.41. The maximum atomic E-state index is 13.6. The van der Waals surface area contributed by atoms with Gasteiger partial charge in [0.05, 0.1) is 22.7 Å². The van der Waals surface area contributed by atoms with E-state index >= 15 is 0 Å². The fourth-order valence-electron chi connectivity index (χ4n) is 4.83. The van der Waals surface area contributed by atoms with Gasteiger partial charge in [-0.05, 0) is 54.7 Å². The zero-order valence-corrected chi connectivity index (χ0v) is 19.9. The molecule has 1 atom stereocenters. The van der Waals surface area contributed by atoms with Gasteiger partial charge in [0.15, 0.2) is 0 Å². The summed E-state index contributed by atoms with van der Waals surface area (Å²) in [4.78, 5) is 10.6. The van der Waals surface area contributed by atoms with E-state index in [0.717, 1.165) is 47.3 Å². The average Bonchev–Trinajstić information content (AvgIpc) is 2.82. The number of carboxylic acids is 1. The van der Waals surface area contributed by atoms with Crippen LogP contribution in [-0.2, 0) is 27.4 Å². The van der Waals surface area contributed by atoms with Crippen LogP contribution in [0.3, 0.4) is 0 Å². The SMILES string of the molecule is O=C(O)CC[C@H]1CN(S(=O)(=O)c2cccc(C(F)(F)F)c2)c2cc(CC3CCCCC3)ccc2O1. The Hall–Kier alpha value is -2.75. The molecule has 0 spiro atoms. The molecular weight excluding hydrogens is 483 g/mol. The molecule has 10 heteroatoms. The van der Waals surface area contributed by atoms with Crippen molar-refractivity contribution in [2.24, 2.45) is 5.92 Å². The number of anilines is 1. The minimum absolute atomic E-state index is 0.0627. The van der Waals surface area contributed by atoms with Gasteiger partial charge in [-0.3, -0.25) is 9.10 Å². The highest BCUT2D eigenvalue weighted by atomic mass is 32.2. The first-order valence-corrected chi connectivity index (χ1v) is 13.2. The fourth-order valence-corrected chi connectivity index (χ4v) is 6.38. The monoisotopic (exact) mass is 511 g/mol. The van der Waals surface area contributed by atoms with E-state index in [1.54, 1.807) is 12.1 Å². The van der Waals surface area contributed by atoms with E-state index in [0.29, 0.717) is 12.0 Å². The van der Waals surface area contributed by atoms with Crippen molar-refractivity contribution in [1.82, 2.24) is 0 Å². The lowest BCUT2D eigenvalue weighted by Gasteiger charge is -2.36. The van der Waals surface area contributed by atoms with Crippen LogP contribution in [0.5, 0.6) is 5.75 Å². The number of carbonyl (C=O) groups is 1. The van der Waals surface area contributed by atoms with E-state index in [1.807, 2.05) is 6.07 Å². The molecular formula is C25H28F3NO5S. The highest BCUT2D eigenvalue weighted by molar-refractivity contribution is 7.92. The lowest BCUT2D eigenvalue weighted by Crippen LogP contribution is -2.43. The van der Waals surface area contributed by atoms with Crippen molar-refractivity contribution in [3.63, 3.8) is 0 Å². The number of ether oxygens (including phenoxy) is 1. The van der Waals surface area contributed by atoms with Crippen LogP contribution in [0.15, 0.2) is 47.4 Å². The first-order valence-electron chi connectivity index (χ1n) is 11.8. The molecule has 0 bridgehead atoms. The molecule has 1 saturated carbocycles. The Labute approximate surface area is 202 Å². The average molecular weight is 512 g/mol. The molecule has 6 nitrogen and oxygen atoms in total. The summed E-state index contributed by atoms with van der Waals surface area (Å²) in [5.74, 6) is -0.271. The van der Waals surface area contributed by atoms with Gasteiger partial charge < -0.3 is 9.84 Å². The van der Waals surface area contributed by atoms with Gasteiger partial charge in [-0.2, -0.15) is 13.2 Å². The first kappa shape index (κ1) is 25.3. The molecule has 0 radical (unpaired) electrons. The number of hydrogen-bond acceptors (Lipinski definition) is 4. The van der Waals surface area contributed by atoms with E-state index in [9.17, 15) is 26.4 Å². The predicted molar refractivity (Wildman–Crippen MR) is 124 cm³/mol. The summed E-state index contributed by atoms with van der Waals surface area (Å²) in [5.41, 5.74) is 0.148. The zero-order chi connectivity index (χ0) is 25.2. The molecule has 0 amide bonds. The molecule has 35 heavy (non-hydrogen) atoms. The summed E-state index contributed by atoms with van der Waals surface area (Å²) >= 11 is 0. The Bertz CT molecular complexity index is 1180. The van der Waals surface area contributed by atoms with Gasteiger partial charge in [0.2, 0.25) is 0 Å². The Morgan fingerprint density at radius 1 is 1.09 bits per heavy atom. The van der Waals surface area contributed by atoms with E-state index in [2.05, 4.69) is 0 Å². The maximum absolute atomic E-state index is 13.6. The number of aliphatic carboxylic acids is 1.